The summed E-state index contributed by atoms with van der Waals surface area (Å²) in [5.41, 5.74) is 1.67. The lowest BCUT2D eigenvalue weighted by Gasteiger charge is -2.33. The van der Waals surface area contributed by atoms with E-state index in [9.17, 15) is 12.8 Å². The number of anilines is 1. The predicted octanol–water partition coefficient (Wildman–Crippen LogP) is 2.95. The van der Waals surface area contributed by atoms with Gasteiger partial charge in [-0.3, -0.25) is 4.31 Å². The molecule has 1 heterocycles. The van der Waals surface area contributed by atoms with Crippen molar-refractivity contribution in [3.8, 4) is 0 Å². The number of rotatable bonds is 2. The average Bonchev–Trinajstić information content (AvgIpc) is 2.86. The molecule has 0 aromatic heterocycles. The highest BCUT2D eigenvalue weighted by molar-refractivity contribution is 7.94. The molecule has 0 spiro atoms. The van der Waals surface area contributed by atoms with Gasteiger partial charge in [0.15, 0.2) is 0 Å². The van der Waals surface area contributed by atoms with E-state index in [0.29, 0.717) is 18.7 Å². The Labute approximate surface area is 118 Å². The molecule has 2 aliphatic rings. The van der Waals surface area contributed by atoms with E-state index >= 15 is 0 Å². The first-order chi connectivity index (χ1) is 9.47. The summed E-state index contributed by atoms with van der Waals surface area (Å²) in [6, 6.07) is 7.39. The number of benzene rings is 1. The van der Waals surface area contributed by atoms with Crippen molar-refractivity contribution in [2.24, 2.45) is 0 Å². The molecule has 1 aliphatic heterocycles. The summed E-state index contributed by atoms with van der Waals surface area (Å²) in [5.74, 6) is -0.593. The van der Waals surface area contributed by atoms with Crippen molar-refractivity contribution < 1.29 is 12.8 Å². The second kappa shape index (κ2) is 4.45. The fourth-order valence-corrected chi connectivity index (χ4v) is 4.63. The third-order valence-electron chi connectivity index (χ3n) is 4.10. The van der Waals surface area contributed by atoms with Crippen LogP contribution in [0, 0.1) is 0 Å². The van der Waals surface area contributed by atoms with E-state index in [-0.39, 0.29) is 6.42 Å². The van der Waals surface area contributed by atoms with Gasteiger partial charge in [0.05, 0.1) is 5.69 Å². The summed E-state index contributed by atoms with van der Waals surface area (Å²) in [4.78, 5) is 0. The third kappa shape index (κ3) is 1.73. The van der Waals surface area contributed by atoms with Crippen LogP contribution in [0.1, 0.15) is 18.9 Å². The van der Waals surface area contributed by atoms with Crippen LogP contribution >= 0.6 is 0 Å². The molecule has 1 atom stereocenters. The van der Waals surface area contributed by atoms with Gasteiger partial charge in [0.25, 0.3) is 0 Å². The summed E-state index contributed by atoms with van der Waals surface area (Å²) < 4.78 is 39.8. The lowest BCUT2D eigenvalue weighted by molar-refractivity contribution is 0.479. The molecule has 0 amide bonds. The van der Waals surface area contributed by atoms with E-state index in [1.54, 1.807) is 18.2 Å². The van der Waals surface area contributed by atoms with Gasteiger partial charge >= 0.3 is 0 Å². The topological polar surface area (TPSA) is 37.4 Å². The Hall–Kier alpha value is -1.62. The number of para-hydroxylation sites is 1. The zero-order chi connectivity index (χ0) is 14.4. The monoisotopic (exact) mass is 293 g/mol. The van der Waals surface area contributed by atoms with E-state index in [2.05, 4.69) is 0 Å². The minimum absolute atomic E-state index is 0.163. The summed E-state index contributed by atoms with van der Waals surface area (Å²) in [5, 5.41) is 0. The fraction of sp³-hybridized carbons (Fsp3) is 0.333. The highest BCUT2D eigenvalue weighted by Gasteiger charge is 2.48. The van der Waals surface area contributed by atoms with Crippen LogP contribution in [0.25, 0.3) is 0 Å². The maximum Gasteiger partial charge on any atom is 0.247 e. The normalized spacial score (nSPS) is 25.5. The van der Waals surface area contributed by atoms with Crippen LogP contribution in [-0.2, 0) is 16.4 Å². The predicted molar refractivity (Wildman–Crippen MR) is 77.8 cm³/mol. The molecule has 1 aromatic rings. The Kier molecular flexibility index (Phi) is 2.97. The molecule has 20 heavy (non-hydrogen) atoms. The zero-order valence-corrected chi connectivity index (χ0v) is 12.0. The number of halogens is 1. The summed E-state index contributed by atoms with van der Waals surface area (Å²) in [6.45, 7) is 1.84. The first-order valence-electron chi connectivity index (χ1n) is 6.60. The SMILES string of the molecule is CC1(S(=O)(=O)N2CCc3ccccc32)CC=CC=C1F. The zero-order valence-electron chi connectivity index (χ0n) is 11.2. The Morgan fingerprint density at radius 2 is 2.05 bits per heavy atom. The molecule has 106 valence electrons. The minimum atomic E-state index is -3.79. The minimum Gasteiger partial charge on any atom is -0.269 e. The fourth-order valence-electron chi connectivity index (χ4n) is 2.75. The van der Waals surface area contributed by atoms with Gasteiger partial charge in [-0.25, -0.2) is 12.8 Å². The lowest BCUT2D eigenvalue weighted by Crippen LogP contribution is -2.47. The van der Waals surface area contributed by atoms with Crippen molar-refractivity contribution in [2.75, 3.05) is 10.8 Å². The van der Waals surface area contributed by atoms with Gasteiger partial charge in [-0.05, 0) is 37.5 Å². The summed E-state index contributed by atoms with van der Waals surface area (Å²) in [7, 11) is -3.79. The molecule has 0 N–H and O–H groups in total. The van der Waals surface area contributed by atoms with Crippen molar-refractivity contribution in [3.05, 3.63) is 53.9 Å². The highest BCUT2D eigenvalue weighted by atomic mass is 32.2. The van der Waals surface area contributed by atoms with Gasteiger partial charge in [-0.15, -0.1) is 0 Å². The van der Waals surface area contributed by atoms with E-state index in [0.717, 1.165) is 5.56 Å². The number of sulfonamides is 1. The molecule has 1 aromatic carbocycles. The quantitative estimate of drug-likeness (QED) is 0.840. The van der Waals surface area contributed by atoms with Gasteiger partial charge < -0.3 is 0 Å². The third-order valence-corrected chi connectivity index (χ3v) is 6.56. The first kappa shape index (κ1) is 13.4. The van der Waals surface area contributed by atoms with Crippen LogP contribution in [0.4, 0.5) is 10.1 Å². The Bertz CT molecular complexity index is 708. The molecule has 3 nitrogen and oxygen atoms in total. The molecular weight excluding hydrogens is 277 g/mol. The highest BCUT2D eigenvalue weighted by Crippen LogP contribution is 2.40. The van der Waals surface area contributed by atoms with E-state index < -0.39 is 20.6 Å². The maximum absolute atomic E-state index is 14.2. The molecule has 1 unspecified atom stereocenters. The lowest BCUT2D eigenvalue weighted by atomic mass is 10.0. The summed E-state index contributed by atoms with van der Waals surface area (Å²) >= 11 is 0. The average molecular weight is 293 g/mol. The molecule has 0 saturated carbocycles. The molecule has 3 rings (SSSR count). The van der Waals surface area contributed by atoms with Crippen molar-refractivity contribution in [3.63, 3.8) is 0 Å². The van der Waals surface area contributed by atoms with Crippen LogP contribution in [0.3, 0.4) is 0 Å². The molecule has 0 radical (unpaired) electrons. The van der Waals surface area contributed by atoms with Gasteiger partial charge in [0.2, 0.25) is 10.0 Å². The standard InChI is InChI=1S/C15H16FNO2S/c1-15(10-5-4-8-14(15)16)20(18,19)17-11-9-12-6-2-3-7-13(12)17/h2-8H,9-11H2,1H3. The molecule has 0 bridgehead atoms. The number of hydrogen-bond donors (Lipinski definition) is 0. The number of hydrogen-bond acceptors (Lipinski definition) is 2. The van der Waals surface area contributed by atoms with E-state index in [4.69, 9.17) is 0 Å². The number of allylic oxidation sites excluding steroid dienone is 3. The molecular formula is C15H16FNO2S. The second-order valence-electron chi connectivity index (χ2n) is 5.33. The van der Waals surface area contributed by atoms with Crippen molar-refractivity contribution >= 4 is 15.7 Å². The Balaban J connectivity index is 2.07. The summed E-state index contributed by atoms with van der Waals surface area (Å²) in [6.07, 6.45) is 5.33. The van der Waals surface area contributed by atoms with Gasteiger partial charge in [0, 0.05) is 6.54 Å². The van der Waals surface area contributed by atoms with Crippen LogP contribution in [-0.4, -0.2) is 19.7 Å². The molecule has 1 aliphatic carbocycles. The van der Waals surface area contributed by atoms with E-state index in [1.165, 1.54) is 17.3 Å². The Morgan fingerprint density at radius 3 is 2.80 bits per heavy atom. The van der Waals surface area contributed by atoms with Crippen LogP contribution in [0.15, 0.2) is 48.3 Å². The van der Waals surface area contributed by atoms with Crippen LogP contribution in [0.5, 0.6) is 0 Å². The van der Waals surface area contributed by atoms with Crippen LogP contribution in [0.2, 0.25) is 0 Å². The van der Waals surface area contributed by atoms with Gasteiger partial charge in [0.1, 0.15) is 10.6 Å². The molecule has 0 saturated heterocycles. The number of nitrogens with zero attached hydrogens (tertiary/aromatic N) is 1. The first-order valence-corrected chi connectivity index (χ1v) is 8.04. The van der Waals surface area contributed by atoms with Gasteiger partial charge in [-0.1, -0.05) is 30.4 Å². The smallest absolute Gasteiger partial charge is 0.247 e. The van der Waals surface area contributed by atoms with Crippen LogP contribution < -0.4 is 4.31 Å². The maximum atomic E-state index is 14.2. The van der Waals surface area contributed by atoms with Gasteiger partial charge in [-0.2, -0.15) is 0 Å². The Morgan fingerprint density at radius 1 is 1.30 bits per heavy atom. The van der Waals surface area contributed by atoms with E-state index in [1.807, 2.05) is 18.2 Å². The number of fused-ring (bicyclic) bond motifs is 1. The second-order valence-corrected chi connectivity index (χ2v) is 7.63. The molecule has 0 fully saturated rings. The van der Waals surface area contributed by atoms with Crippen molar-refractivity contribution in [1.82, 2.24) is 0 Å². The molecule has 5 heteroatoms. The van der Waals surface area contributed by atoms with Crippen molar-refractivity contribution in [2.45, 2.75) is 24.5 Å². The van der Waals surface area contributed by atoms with Crippen molar-refractivity contribution in [1.29, 1.82) is 0 Å². The largest absolute Gasteiger partial charge is 0.269 e.